The summed E-state index contributed by atoms with van der Waals surface area (Å²) in [6.07, 6.45) is 0.529. The summed E-state index contributed by atoms with van der Waals surface area (Å²) in [6, 6.07) is 3.40. The van der Waals surface area contributed by atoms with Gasteiger partial charge in [0, 0.05) is 18.7 Å². The molecule has 1 aromatic rings. The molecule has 0 saturated carbocycles. The van der Waals surface area contributed by atoms with Crippen LogP contribution in [0.15, 0.2) is 18.2 Å². The number of nitrogens with zero attached hydrogens (tertiary/aromatic N) is 1. The zero-order valence-electron chi connectivity index (χ0n) is 10.6. The Bertz CT molecular complexity index is 515. The number of carbonyl (C=O) groups excluding carboxylic acids is 2. The molecule has 0 spiro atoms. The Morgan fingerprint density at radius 1 is 1.42 bits per heavy atom. The number of phenolic OH excluding ortho intramolecular Hbond substituents is 2. The molecule has 0 bridgehead atoms. The van der Waals surface area contributed by atoms with Crippen molar-refractivity contribution in [3.8, 4) is 11.5 Å². The van der Waals surface area contributed by atoms with Crippen molar-refractivity contribution in [1.29, 1.82) is 0 Å². The quantitative estimate of drug-likeness (QED) is 0.676. The molecule has 2 rings (SSSR count). The van der Waals surface area contributed by atoms with Gasteiger partial charge >= 0.3 is 0 Å². The van der Waals surface area contributed by atoms with Crippen molar-refractivity contribution in [3.63, 3.8) is 0 Å². The van der Waals surface area contributed by atoms with E-state index in [1.807, 2.05) is 6.92 Å². The lowest BCUT2D eigenvalue weighted by Gasteiger charge is -2.34. The lowest BCUT2D eigenvalue weighted by Crippen LogP contribution is -2.56. The third-order valence-corrected chi connectivity index (χ3v) is 3.20. The lowest BCUT2D eigenvalue weighted by atomic mass is 10.1. The Balaban J connectivity index is 2.26. The van der Waals surface area contributed by atoms with E-state index < -0.39 is 6.04 Å². The molecule has 0 aliphatic carbocycles. The highest BCUT2D eigenvalue weighted by molar-refractivity contribution is 5.98. The first-order chi connectivity index (χ1) is 9.04. The molecule has 1 aliphatic rings. The van der Waals surface area contributed by atoms with Gasteiger partial charge in [-0.3, -0.25) is 9.59 Å². The molecule has 0 aromatic heterocycles. The van der Waals surface area contributed by atoms with Crippen LogP contribution in [-0.2, 0) is 4.79 Å². The standard InChI is InChI=1S/C13H16N2O4/c1-2-9-12(18)14-5-6-15(9)13(19)8-3-4-10(16)11(17)7-8/h3-4,7,9,16-17H,2,5-6H2,1H3,(H,14,18). The average Bonchev–Trinajstić information content (AvgIpc) is 2.40. The van der Waals surface area contributed by atoms with Gasteiger partial charge in [0.05, 0.1) is 0 Å². The van der Waals surface area contributed by atoms with Crippen LogP contribution in [0.2, 0.25) is 0 Å². The second-order valence-electron chi connectivity index (χ2n) is 4.42. The maximum atomic E-state index is 12.3. The number of aromatic hydroxyl groups is 2. The largest absolute Gasteiger partial charge is 0.504 e. The lowest BCUT2D eigenvalue weighted by molar-refractivity contribution is -0.127. The first-order valence-electron chi connectivity index (χ1n) is 6.15. The van der Waals surface area contributed by atoms with Crippen molar-refractivity contribution in [1.82, 2.24) is 10.2 Å². The molecule has 0 radical (unpaired) electrons. The molecule has 1 atom stereocenters. The van der Waals surface area contributed by atoms with Gasteiger partial charge in [-0.15, -0.1) is 0 Å². The summed E-state index contributed by atoms with van der Waals surface area (Å²) in [4.78, 5) is 25.5. The number of amides is 2. The molecule has 1 aliphatic heterocycles. The minimum atomic E-state index is -0.489. The van der Waals surface area contributed by atoms with Crippen LogP contribution in [0.4, 0.5) is 0 Å². The maximum Gasteiger partial charge on any atom is 0.254 e. The van der Waals surface area contributed by atoms with Crippen molar-refractivity contribution in [2.24, 2.45) is 0 Å². The molecule has 3 N–H and O–H groups in total. The average molecular weight is 264 g/mol. The second-order valence-corrected chi connectivity index (χ2v) is 4.42. The zero-order valence-corrected chi connectivity index (χ0v) is 10.6. The highest BCUT2D eigenvalue weighted by Crippen LogP contribution is 2.26. The van der Waals surface area contributed by atoms with Gasteiger partial charge in [0.1, 0.15) is 6.04 Å². The molecule has 1 fully saturated rings. The van der Waals surface area contributed by atoms with Crippen LogP contribution in [0.5, 0.6) is 11.5 Å². The van der Waals surface area contributed by atoms with E-state index in [0.29, 0.717) is 19.5 Å². The summed E-state index contributed by atoms with van der Waals surface area (Å²) >= 11 is 0. The van der Waals surface area contributed by atoms with Gasteiger partial charge in [0.2, 0.25) is 5.91 Å². The van der Waals surface area contributed by atoms with Crippen LogP contribution in [0.3, 0.4) is 0 Å². The monoisotopic (exact) mass is 264 g/mol. The Kier molecular flexibility index (Phi) is 3.59. The van der Waals surface area contributed by atoms with E-state index in [1.54, 1.807) is 0 Å². The fraction of sp³-hybridized carbons (Fsp3) is 0.385. The number of nitrogens with one attached hydrogen (secondary N) is 1. The Morgan fingerprint density at radius 3 is 2.79 bits per heavy atom. The number of benzene rings is 1. The smallest absolute Gasteiger partial charge is 0.254 e. The summed E-state index contributed by atoms with van der Waals surface area (Å²) < 4.78 is 0. The Morgan fingerprint density at radius 2 is 2.16 bits per heavy atom. The third kappa shape index (κ3) is 2.47. The normalized spacial score (nSPS) is 19.1. The van der Waals surface area contributed by atoms with Gasteiger partial charge in [-0.25, -0.2) is 0 Å². The Hall–Kier alpha value is -2.24. The van der Waals surface area contributed by atoms with Gasteiger partial charge in [-0.1, -0.05) is 6.92 Å². The predicted octanol–water partition coefficient (Wildman–Crippen LogP) is 0.448. The van der Waals surface area contributed by atoms with Crippen LogP contribution >= 0.6 is 0 Å². The van der Waals surface area contributed by atoms with E-state index in [2.05, 4.69) is 5.32 Å². The Labute approximate surface area is 110 Å². The molecule has 6 nitrogen and oxygen atoms in total. The number of piperazine rings is 1. The van der Waals surface area contributed by atoms with Gasteiger partial charge < -0.3 is 20.4 Å². The molecular formula is C13H16N2O4. The van der Waals surface area contributed by atoms with Gasteiger partial charge in [-0.05, 0) is 24.6 Å². The second kappa shape index (κ2) is 5.17. The highest BCUT2D eigenvalue weighted by atomic mass is 16.3. The number of rotatable bonds is 2. The van der Waals surface area contributed by atoms with Gasteiger partial charge in [0.25, 0.3) is 5.91 Å². The topological polar surface area (TPSA) is 89.9 Å². The molecule has 1 aromatic carbocycles. The van der Waals surface area contributed by atoms with E-state index in [1.165, 1.54) is 23.1 Å². The highest BCUT2D eigenvalue weighted by Gasteiger charge is 2.32. The van der Waals surface area contributed by atoms with Crippen LogP contribution in [0.1, 0.15) is 23.7 Å². The number of hydrogen-bond donors (Lipinski definition) is 3. The van der Waals surface area contributed by atoms with Crippen LogP contribution in [-0.4, -0.2) is 46.1 Å². The van der Waals surface area contributed by atoms with Crippen molar-refractivity contribution in [2.75, 3.05) is 13.1 Å². The molecule has 102 valence electrons. The van der Waals surface area contributed by atoms with Crippen molar-refractivity contribution in [2.45, 2.75) is 19.4 Å². The maximum absolute atomic E-state index is 12.3. The number of hydrogen-bond acceptors (Lipinski definition) is 4. The van der Waals surface area contributed by atoms with E-state index in [4.69, 9.17) is 0 Å². The molecule has 6 heteroatoms. The molecule has 1 heterocycles. The van der Waals surface area contributed by atoms with Crippen LogP contribution in [0.25, 0.3) is 0 Å². The minimum absolute atomic E-state index is 0.162. The van der Waals surface area contributed by atoms with E-state index in [9.17, 15) is 19.8 Å². The first-order valence-corrected chi connectivity index (χ1v) is 6.15. The van der Waals surface area contributed by atoms with Crippen molar-refractivity contribution < 1.29 is 19.8 Å². The van der Waals surface area contributed by atoms with Crippen LogP contribution in [0, 0.1) is 0 Å². The summed E-state index contributed by atoms with van der Waals surface area (Å²) in [5.41, 5.74) is 0.253. The zero-order chi connectivity index (χ0) is 14.0. The van der Waals surface area contributed by atoms with E-state index in [0.717, 1.165) is 0 Å². The summed E-state index contributed by atoms with van der Waals surface area (Å²) in [5.74, 6) is -1.11. The molecule has 1 saturated heterocycles. The van der Waals surface area contributed by atoms with E-state index >= 15 is 0 Å². The third-order valence-electron chi connectivity index (χ3n) is 3.20. The summed E-state index contributed by atoms with van der Waals surface area (Å²) in [5, 5.41) is 21.4. The fourth-order valence-corrected chi connectivity index (χ4v) is 2.19. The minimum Gasteiger partial charge on any atom is -0.504 e. The van der Waals surface area contributed by atoms with Crippen molar-refractivity contribution >= 4 is 11.8 Å². The molecule has 1 unspecified atom stereocenters. The SMILES string of the molecule is CCC1C(=O)NCCN1C(=O)c1ccc(O)c(O)c1. The number of phenols is 2. The summed E-state index contributed by atoms with van der Waals surface area (Å²) in [7, 11) is 0. The summed E-state index contributed by atoms with van der Waals surface area (Å²) in [6.45, 7) is 2.69. The van der Waals surface area contributed by atoms with Gasteiger partial charge in [-0.2, -0.15) is 0 Å². The molecule has 2 amide bonds. The molecular weight excluding hydrogens is 248 g/mol. The van der Waals surface area contributed by atoms with Crippen molar-refractivity contribution in [3.05, 3.63) is 23.8 Å². The number of carbonyl (C=O) groups is 2. The first kappa shape index (κ1) is 13.2. The predicted molar refractivity (Wildman–Crippen MR) is 67.9 cm³/mol. The molecule has 19 heavy (non-hydrogen) atoms. The fourth-order valence-electron chi connectivity index (χ4n) is 2.19. The van der Waals surface area contributed by atoms with E-state index in [-0.39, 0.29) is 28.9 Å². The van der Waals surface area contributed by atoms with Gasteiger partial charge in [0.15, 0.2) is 11.5 Å². The van der Waals surface area contributed by atoms with Crippen LogP contribution < -0.4 is 5.32 Å².